The second-order valence-electron chi connectivity index (χ2n) is 2.16. The lowest BCUT2D eigenvalue weighted by Gasteiger charge is -2.07. The molecule has 0 radical (unpaired) electrons. The van der Waals surface area contributed by atoms with Crippen LogP contribution in [0, 0.1) is 5.82 Å². The van der Waals surface area contributed by atoms with Gasteiger partial charge in [-0.2, -0.15) is 13.2 Å². The Morgan fingerprint density at radius 3 is 2.08 bits per heavy atom. The van der Waals surface area contributed by atoms with E-state index in [2.05, 4.69) is 0 Å². The average molecular weight is 211 g/mol. The summed E-state index contributed by atoms with van der Waals surface area (Å²) in [4.78, 5) is 0. The van der Waals surface area contributed by atoms with Gasteiger partial charge < -0.3 is 4.72 Å². The number of anilines is 1. The van der Waals surface area contributed by atoms with Crippen molar-refractivity contribution >= 4 is 17.6 Å². The van der Waals surface area contributed by atoms with Crippen LogP contribution in [0.15, 0.2) is 24.3 Å². The van der Waals surface area contributed by atoms with Gasteiger partial charge in [0.15, 0.2) is 0 Å². The zero-order valence-corrected chi connectivity index (χ0v) is 7.05. The van der Waals surface area contributed by atoms with Gasteiger partial charge in [0.1, 0.15) is 5.82 Å². The van der Waals surface area contributed by atoms with Crippen LogP contribution < -0.4 is 4.72 Å². The summed E-state index contributed by atoms with van der Waals surface area (Å²) >= 11 is -0.380. The van der Waals surface area contributed by atoms with Gasteiger partial charge in [-0.1, -0.05) is 0 Å². The first-order valence-corrected chi connectivity index (χ1v) is 4.05. The van der Waals surface area contributed by atoms with Crippen LogP contribution in [0.4, 0.5) is 23.2 Å². The maximum Gasteiger partial charge on any atom is 0.461 e. The first-order chi connectivity index (χ1) is 5.97. The van der Waals surface area contributed by atoms with Crippen molar-refractivity contribution in [3.8, 4) is 0 Å². The summed E-state index contributed by atoms with van der Waals surface area (Å²) < 4.78 is 49.3. The number of benzene rings is 1. The summed E-state index contributed by atoms with van der Waals surface area (Å²) in [6, 6.07) is 4.63. The number of halogens is 4. The predicted octanol–water partition coefficient (Wildman–Crippen LogP) is 3.41. The molecule has 1 aromatic rings. The minimum Gasteiger partial charge on any atom is -0.323 e. The molecule has 0 aromatic heterocycles. The minimum absolute atomic E-state index is 0.212. The molecule has 0 aliphatic carbocycles. The smallest absolute Gasteiger partial charge is 0.323 e. The van der Waals surface area contributed by atoms with Crippen LogP contribution in [-0.4, -0.2) is 5.51 Å². The van der Waals surface area contributed by atoms with E-state index < -0.39 is 11.3 Å². The van der Waals surface area contributed by atoms with Gasteiger partial charge in [0.25, 0.3) is 0 Å². The summed E-state index contributed by atoms with van der Waals surface area (Å²) in [6.07, 6.45) is 0. The number of alkyl halides is 3. The Hall–Kier alpha value is -0.910. The summed E-state index contributed by atoms with van der Waals surface area (Å²) in [7, 11) is 0. The molecule has 1 rings (SSSR count). The van der Waals surface area contributed by atoms with Gasteiger partial charge in [0.2, 0.25) is 0 Å². The van der Waals surface area contributed by atoms with E-state index >= 15 is 0 Å². The van der Waals surface area contributed by atoms with Crippen LogP contribution in [-0.2, 0) is 0 Å². The lowest BCUT2D eigenvalue weighted by Crippen LogP contribution is -2.04. The van der Waals surface area contributed by atoms with Crippen LogP contribution >= 0.6 is 11.9 Å². The van der Waals surface area contributed by atoms with E-state index in [-0.39, 0.29) is 17.6 Å². The fourth-order valence-corrected chi connectivity index (χ4v) is 1.00. The number of nitrogens with one attached hydrogen (secondary N) is 1. The van der Waals surface area contributed by atoms with Crippen molar-refractivity contribution in [3.63, 3.8) is 0 Å². The molecule has 1 nitrogen and oxygen atoms in total. The monoisotopic (exact) mass is 211 g/mol. The maximum absolute atomic E-state index is 12.3. The molecule has 0 bridgehead atoms. The van der Waals surface area contributed by atoms with Crippen molar-refractivity contribution in [2.24, 2.45) is 0 Å². The standard InChI is InChI=1S/C7H5F4NS/c8-5-1-3-6(4-2-5)12-13-7(9,10)11/h1-4,12H. The molecule has 0 atom stereocenters. The van der Waals surface area contributed by atoms with Gasteiger partial charge in [-0.25, -0.2) is 4.39 Å². The van der Waals surface area contributed by atoms with Gasteiger partial charge in [-0.3, -0.25) is 0 Å². The molecule has 0 saturated carbocycles. The van der Waals surface area contributed by atoms with Gasteiger partial charge in [0.05, 0.1) is 11.9 Å². The summed E-state index contributed by atoms with van der Waals surface area (Å²) in [5.74, 6) is -0.484. The number of rotatable bonds is 2. The third-order valence-corrected chi connectivity index (χ3v) is 1.70. The molecule has 0 spiro atoms. The van der Waals surface area contributed by atoms with Crippen molar-refractivity contribution in [3.05, 3.63) is 30.1 Å². The van der Waals surface area contributed by atoms with E-state index in [1.165, 1.54) is 12.1 Å². The van der Waals surface area contributed by atoms with Crippen LogP contribution in [0.3, 0.4) is 0 Å². The highest BCUT2D eigenvalue weighted by Crippen LogP contribution is 2.30. The van der Waals surface area contributed by atoms with Crippen LogP contribution in [0.1, 0.15) is 0 Å². The Balaban J connectivity index is 2.51. The van der Waals surface area contributed by atoms with Crippen LogP contribution in [0.5, 0.6) is 0 Å². The highest BCUT2D eigenvalue weighted by Gasteiger charge is 2.28. The van der Waals surface area contributed by atoms with Crippen molar-refractivity contribution in [2.45, 2.75) is 5.51 Å². The Morgan fingerprint density at radius 1 is 1.08 bits per heavy atom. The third kappa shape index (κ3) is 4.02. The van der Waals surface area contributed by atoms with Crippen LogP contribution in [0.25, 0.3) is 0 Å². The molecule has 72 valence electrons. The fourth-order valence-electron chi connectivity index (χ4n) is 0.635. The molecule has 0 aliphatic heterocycles. The lowest BCUT2D eigenvalue weighted by atomic mass is 10.3. The van der Waals surface area contributed by atoms with E-state index in [9.17, 15) is 17.6 Å². The van der Waals surface area contributed by atoms with Crippen molar-refractivity contribution < 1.29 is 17.6 Å². The SMILES string of the molecule is Fc1ccc(NSC(F)(F)F)cc1. The second kappa shape index (κ2) is 3.87. The molecule has 1 N–H and O–H groups in total. The maximum atomic E-state index is 12.3. The van der Waals surface area contributed by atoms with E-state index in [1.807, 2.05) is 4.72 Å². The Bertz CT molecular complexity index is 269. The Kier molecular flexibility index (Phi) is 3.02. The summed E-state index contributed by atoms with van der Waals surface area (Å²) in [5.41, 5.74) is -4.13. The van der Waals surface area contributed by atoms with E-state index in [4.69, 9.17) is 0 Å². The predicted molar refractivity (Wildman–Crippen MR) is 43.7 cm³/mol. The minimum atomic E-state index is -4.34. The lowest BCUT2D eigenvalue weighted by molar-refractivity contribution is -0.0323. The molecule has 13 heavy (non-hydrogen) atoms. The molecule has 6 heteroatoms. The second-order valence-corrected chi connectivity index (χ2v) is 3.03. The first-order valence-electron chi connectivity index (χ1n) is 3.24. The van der Waals surface area contributed by atoms with Gasteiger partial charge in [0, 0.05) is 5.69 Å². The average Bonchev–Trinajstić information content (AvgIpc) is 2.02. The third-order valence-electron chi connectivity index (χ3n) is 1.13. The number of hydrogen-bond acceptors (Lipinski definition) is 2. The number of hydrogen-bond donors (Lipinski definition) is 1. The normalized spacial score (nSPS) is 11.4. The molecule has 0 fully saturated rings. The van der Waals surface area contributed by atoms with Crippen LogP contribution in [0.2, 0.25) is 0 Å². The zero-order valence-electron chi connectivity index (χ0n) is 6.23. The van der Waals surface area contributed by atoms with Gasteiger partial charge >= 0.3 is 5.51 Å². The first kappa shape index (κ1) is 10.2. The topological polar surface area (TPSA) is 12.0 Å². The molecule has 0 saturated heterocycles. The highest BCUT2D eigenvalue weighted by atomic mass is 32.2. The Labute approximate surface area is 76.3 Å². The summed E-state index contributed by atoms with van der Waals surface area (Å²) in [6.45, 7) is 0. The zero-order chi connectivity index (χ0) is 9.90. The summed E-state index contributed by atoms with van der Waals surface area (Å²) in [5, 5.41) is 0. The quantitative estimate of drug-likeness (QED) is 0.594. The van der Waals surface area contributed by atoms with E-state index in [0.717, 1.165) is 12.1 Å². The van der Waals surface area contributed by atoms with Gasteiger partial charge in [-0.05, 0) is 24.3 Å². The molecule has 0 heterocycles. The Morgan fingerprint density at radius 2 is 1.62 bits per heavy atom. The van der Waals surface area contributed by atoms with Crippen molar-refractivity contribution in [2.75, 3.05) is 4.72 Å². The molecule has 1 aromatic carbocycles. The van der Waals surface area contributed by atoms with E-state index in [0.29, 0.717) is 0 Å². The molecule has 0 amide bonds. The van der Waals surface area contributed by atoms with E-state index in [1.54, 1.807) is 0 Å². The largest absolute Gasteiger partial charge is 0.461 e. The molecular weight excluding hydrogens is 206 g/mol. The van der Waals surface area contributed by atoms with Crippen molar-refractivity contribution in [1.29, 1.82) is 0 Å². The highest BCUT2D eigenvalue weighted by molar-refractivity contribution is 8.01. The molecule has 0 unspecified atom stereocenters. The fraction of sp³-hybridized carbons (Fsp3) is 0.143. The van der Waals surface area contributed by atoms with Gasteiger partial charge in [-0.15, -0.1) is 0 Å². The molecule has 0 aliphatic rings. The molecular formula is C7H5F4NS. The van der Waals surface area contributed by atoms with Crippen molar-refractivity contribution in [1.82, 2.24) is 0 Å².